The molecule has 0 spiro atoms. The van der Waals surface area contributed by atoms with Crippen LogP contribution in [0.1, 0.15) is 23.7 Å². The van der Waals surface area contributed by atoms with Crippen molar-refractivity contribution in [1.29, 1.82) is 0 Å². The highest BCUT2D eigenvalue weighted by atomic mass is 32.1. The number of anilines is 1. The fourth-order valence-electron chi connectivity index (χ4n) is 2.39. The quantitative estimate of drug-likeness (QED) is 0.669. The molecule has 0 unspecified atom stereocenters. The van der Waals surface area contributed by atoms with Gasteiger partial charge in [0.1, 0.15) is 0 Å². The zero-order chi connectivity index (χ0) is 20.7. The van der Waals surface area contributed by atoms with Gasteiger partial charge >= 0.3 is 12.1 Å². The second-order valence-electron chi connectivity index (χ2n) is 5.99. The van der Waals surface area contributed by atoms with Crippen molar-refractivity contribution in [3.05, 3.63) is 46.5 Å². The summed E-state index contributed by atoms with van der Waals surface area (Å²) in [5.74, 6) is -0.905. The number of benzene rings is 1. The molecular formula is C18H20F3N3O3S. The van der Waals surface area contributed by atoms with Crippen molar-refractivity contribution in [3.8, 4) is 0 Å². The van der Waals surface area contributed by atoms with Crippen LogP contribution in [0.5, 0.6) is 0 Å². The number of nitrogens with zero attached hydrogens (tertiary/aromatic N) is 2. The van der Waals surface area contributed by atoms with Crippen molar-refractivity contribution in [3.63, 3.8) is 0 Å². The number of esters is 1. The topological polar surface area (TPSA) is 71.5 Å². The van der Waals surface area contributed by atoms with Crippen LogP contribution in [0.2, 0.25) is 0 Å². The number of aromatic nitrogens is 1. The second kappa shape index (κ2) is 9.65. The van der Waals surface area contributed by atoms with Crippen molar-refractivity contribution >= 4 is 28.3 Å². The predicted molar refractivity (Wildman–Crippen MR) is 98.8 cm³/mol. The van der Waals surface area contributed by atoms with Crippen molar-refractivity contribution in [2.75, 3.05) is 25.0 Å². The summed E-state index contributed by atoms with van der Waals surface area (Å²) in [6, 6.07) is 4.58. The summed E-state index contributed by atoms with van der Waals surface area (Å²) in [5.41, 5.74) is 0.550. The van der Waals surface area contributed by atoms with E-state index < -0.39 is 17.7 Å². The molecule has 28 heavy (non-hydrogen) atoms. The van der Waals surface area contributed by atoms with Crippen LogP contribution in [0.4, 0.5) is 18.3 Å². The minimum absolute atomic E-state index is 0.112. The Bertz CT molecular complexity index is 806. The average Bonchev–Trinajstić information content (AvgIpc) is 2.99. The summed E-state index contributed by atoms with van der Waals surface area (Å²) >= 11 is 1.28. The number of carbonyl (C=O) groups is 2. The molecule has 0 aliphatic rings. The third-order valence-electron chi connectivity index (χ3n) is 3.58. The van der Waals surface area contributed by atoms with Crippen LogP contribution in [0.25, 0.3) is 0 Å². The van der Waals surface area contributed by atoms with E-state index in [2.05, 4.69) is 10.3 Å². The molecule has 1 aromatic carbocycles. The lowest BCUT2D eigenvalue weighted by atomic mass is 10.1. The van der Waals surface area contributed by atoms with Crippen LogP contribution in [0.15, 0.2) is 29.6 Å². The van der Waals surface area contributed by atoms with Crippen LogP contribution in [0.3, 0.4) is 0 Å². The smallest absolute Gasteiger partial charge is 0.416 e. The summed E-state index contributed by atoms with van der Waals surface area (Å²) in [4.78, 5) is 29.7. The van der Waals surface area contributed by atoms with Gasteiger partial charge in [0, 0.05) is 11.9 Å². The summed E-state index contributed by atoms with van der Waals surface area (Å²) < 4.78 is 43.0. The first kappa shape index (κ1) is 21.8. The Morgan fingerprint density at radius 2 is 1.89 bits per heavy atom. The van der Waals surface area contributed by atoms with Crippen LogP contribution in [-0.4, -0.2) is 41.5 Å². The highest BCUT2D eigenvalue weighted by molar-refractivity contribution is 7.13. The monoisotopic (exact) mass is 415 g/mol. The molecule has 1 amide bonds. The number of rotatable bonds is 8. The van der Waals surface area contributed by atoms with Gasteiger partial charge in [-0.05, 0) is 31.5 Å². The van der Waals surface area contributed by atoms with Crippen LogP contribution in [-0.2, 0) is 27.0 Å². The van der Waals surface area contributed by atoms with E-state index in [0.717, 1.165) is 17.8 Å². The minimum atomic E-state index is -4.42. The van der Waals surface area contributed by atoms with E-state index >= 15 is 0 Å². The molecule has 1 N–H and O–H groups in total. The SMILES string of the molecule is CCOC(=O)CN(CC(=O)Nc1nc(C)cs1)Cc1ccc(C(F)(F)F)cc1. The van der Waals surface area contributed by atoms with E-state index in [-0.39, 0.29) is 32.1 Å². The Morgan fingerprint density at radius 1 is 1.21 bits per heavy atom. The number of carbonyl (C=O) groups excluding carboxylic acids is 2. The molecule has 152 valence electrons. The minimum Gasteiger partial charge on any atom is -0.465 e. The van der Waals surface area contributed by atoms with Crippen molar-refractivity contribution in [1.82, 2.24) is 9.88 Å². The zero-order valence-corrected chi connectivity index (χ0v) is 16.2. The Kier molecular flexibility index (Phi) is 7.53. The van der Waals surface area contributed by atoms with Gasteiger partial charge in [-0.3, -0.25) is 14.5 Å². The van der Waals surface area contributed by atoms with Gasteiger partial charge in [0.05, 0.1) is 31.0 Å². The van der Waals surface area contributed by atoms with Gasteiger partial charge in [0.15, 0.2) is 5.13 Å². The van der Waals surface area contributed by atoms with E-state index in [1.807, 2.05) is 0 Å². The maximum Gasteiger partial charge on any atom is 0.416 e. The molecule has 0 aliphatic carbocycles. The first-order valence-corrected chi connectivity index (χ1v) is 9.31. The predicted octanol–water partition coefficient (Wildman–Crippen LogP) is 3.47. The van der Waals surface area contributed by atoms with Crippen LogP contribution < -0.4 is 5.32 Å². The zero-order valence-electron chi connectivity index (χ0n) is 15.4. The number of ether oxygens (including phenoxy) is 1. The lowest BCUT2D eigenvalue weighted by Gasteiger charge is -2.21. The third-order valence-corrected chi connectivity index (χ3v) is 4.45. The summed E-state index contributed by atoms with van der Waals surface area (Å²) in [6.07, 6.45) is -4.42. The Labute approximate surface area is 164 Å². The maximum absolute atomic E-state index is 12.7. The van der Waals surface area contributed by atoms with E-state index in [1.54, 1.807) is 19.2 Å². The number of hydrogen-bond acceptors (Lipinski definition) is 6. The number of thiazole rings is 1. The van der Waals surface area contributed by atoms with Crippen molar-refractivity contribution < 1.29 is 27.5 Å². The maximum atomic E-state index is 12.7. The van der Waals surface area contributed by atoms with Gasteiger partial charge in [-0.15, -0.1) is 11.3 Å². The molecule has 2 aromatic rings. The van der Waals surface area contributed by atoms with E-state index in [1.165, 1.54) is 28.4 Å². The van der Waals surface area contributed by atoms with E-state index in [0.29, 0.717) is 10.7 Å². The Morgan fingerprint density at radius 3 is 2.43 bits per heavy atom. The van der Waals surface area contributed by atoms with Crippen molar-refractivity contribution in [2.45, 2.75) is 26.6 Å². The summed E-state index contributed by atoms with van der Waals surface area (Å²) in [7, 11) is 0. The van der Waals surface area contributed by atoms with Crippen LogP contribution >= 0.6 is 11.3 Å². The van der Waals surface area contributed by atoms with Gasteiger partial charge in [-0.2, -0.15) is 13.2 Å². The number of hydrogen-bond donors (Lipinski definition) is 1. The Balaban J connectivity index is 2.05. The Hall–Kier alpha value is -2.46. The third kappa shape index (κ3) is 6.93. The van der Waals surface area contributed by atoms with Gasteiger partial charge in [0.25, 0.3) is 0 Å². The lowest BCUT2D eigenvalue weighted by Crippen LogP contribution is -2.37. The molecule has 0 fully saturated rings. The van der Waals surface area contributed by atoms with Gasteiger partial charge in [0.2, 0.25) is 5.91 Å². The molecule has 0 radical (unpaired) electrons. The number of halogens is 3. The summed E-state index contributed by atoms with van der Waals surface area (Å²) in [6.45, 7) is 3.45. The molecule has 10 heteroatoms. The first-order chi connectivity index (χ1) is 13.2. The fraction of sp³-hybridized carbons (Fsp3) is 0.389. The molecule has 0 bridgehead atoms. The largest absolute Gasteiger partial charge is 0.465 e. The fourth-order valence-corrected chi connectivity index (χ4v) is 3.09. The molecule has 1 aromatic heterocycles. The molecule has 6 nitrogen and oxygen atoms in total. The first-order valence-electron chi connectivity index (χ1n) is 8.43. The molecule has 2 rings (SSSR count). The molecule has 1 heterocycles. The molecule has 0 saturated heterocycles. The standard InChI is InChI=1S/C18H20F3N3O3S/c1-3-27-16(26)10-24(9-15(25)23-17-22-12(2)11-28-17)8-13-4-6-14(7-5-13)18(19,20)21/h4-7,11H,3,8-10H2,1-2H3,(H,22,23,25). The van der Waals surface area contributed by atoms with E-state index in [4.69, 9.17) is 4.74 Å². The molecule has 0 atom stereocenters. The number of alkyl halides is 3. The summed E-state index contributed by atoms with van der Waals surface area (Å²) in [5, 5.41) is 4.86. The second-order valence-corrected chi connectivity index (χ2v) is 6.85. The van der Waals surface area contributed by atoms with Crippen molar-refractivity contribution in [2.24, 2.45) is 0 Å². The average molecular weight is 415 g/mol. The lowest BCUT2D eigenvalue weighted by molar-refractivity contribution is -0.144. The number of aryl methyl sites for hydroxylation is 1. The van der Waals surface area contributed by atoms with Crippen LogP contribution in [0, 0.1) is 6.92 Å². The molecule has 0 saturated carbocycles. The highest BCUT2D eigenvalue weighted by Gasteiger charge is 2.30. The van der Waals surface area contributed by atoms with Gasteiger partial charge < -0.3 is 10.1 Å². The normalized spacial score (nSPS) is 11.5. The van der Waals surface area contributed by atoms with Gasteiger partial charge in [-0.1, -0.05) is 12.1 Å². The van der Waals surface area contributed by atoms with E-state index in [9.17, 15) is 22.8 Å². The highest BCUT2D eigenvalue weighted by Crippen LogP contribution is 2.29. The van der Waals surface area contributed by atoms with Gasteiger partial charge in [-0.25, -0.2) is 4.98 Å². The molecule has 0 aliphatic heterocycles. The molecular weight excluding hydrogens is 395 g/mol. The number of nitrogens with one attached hydrogen (secondary N) is 1. The number of amides is 1.